The Morgan fingerprint density at radius 2 is 1.02 bits per heavy atom. The number of likely N-dealkylation sites (tertiary alicyclic amines) is 5. The molecule has 0 atom stereocenters. The van der Waals surface area contributed by atoms with Gasteiger partial charge < -0.3 is 76.7 Å². The van der Waals surface area contributed by atoms with Crippen molar-refractivity contribution in [3.63, 3.8) is 0 Å². The van der Waals surface area contributed by atoms with Crippen LogP contribution in [0.5, 0.6) is 0 Å². The number of primary amides is 2. The van der Waals surface area contributed by atoms with Gasteiger partial charge in [-0.2, -0.15) is 0 Å². The van der Waals surface area contributed by atoms with Crippen LogP contribution in [0.4, 0.5) is 47.2 Å². The van der Waals surface area contributed by atoms with Crippen LogP contribution in [0.15, 0.2) is 159 Å². The number of piperazine rings is 1. The summed E-state index contributed by atoms with van der Waals surface area (Å²) >= 11 is 0. The van der Waals surface area contributed by atoms with E-state index in [4.69, 9.17) is 11.5 Å². The number of imidazole rings is 2. The first kappa shape index (κ1) is 83.4. The molecule has 35 heteroatoms. The number of amides is 12. The molecule has 11 N–H and O–H groups in total. The summed E-state index contributed by atoms with van der Waals surface area (Å²) in [5.41, 5.74) is 16.4. The van der Waals surface area contributed by atoms with Gasteiger partial charge >= 0.3 is 29.5 Å². The average molecular weight is 1570 g/mol. The Labute approximate surface area is 655 Å². The number of nitrogens with zero attached hydrogens (tertiary/aromatic N) is 12. The second kappa shape index (κ2) is 40.2. The highest BCUT2D eigenvalue weighted by Gasteiger charge is 2.35. The monoisotopic (exact) mass is 1570 g/mol. The van der Waals surface area contributed by atoms with Gasteiger partial charge in [-0.1, -0.05) is 60.7 Å². The summed E-state index contributed by atoms with van der Waals surface area (Å²) in [6, 6.07) is 39.2. The molecule has 0 aliphatic carbocycles. The van der Waals surface area contributed by atoms with Crippen molar-refractivity contribution >= 4 is 118 Å². The van der Waals surface area contributed by atoms with Crippen molar-refractivity contribution < 1.29 is 47.5 Å². The minimum atomic E-state index is -0.579. The lowest BCUT2D eigenvalue weighted by atomic mass is 9.89. The molecule has 0 unspecified atom stereocenters. The van der Waals surface area contributed by atoms with E-state index in [1.807, 2.05) is 113 Å². The van der Waals surface area contributed by atoms with Gasteiger partial charge in [-0.15, -0.1) is 0 Å². The molecule has 0 bridgehead atoms. The average Bonchev–Trinajstić information content (AvgIpc) is 1.59. The molecule has 9 aromatic rings. The lowest BCUT2D eigenvalue weighted by Gasteiger charge is -2.38. The molecular formula is C79H98FN21O13. The van der Waals surface area contributed by atoms with E-state index in [1.165, 1.54) is 40.1 Å². The van der Waals surface area contributed by atoms with Crippen LogP contribution in [0.25, 0.3) is 33.1 Å². The summed E-state index contributed by atoms with van der Waals surface area (Å²) < 4.78 is 16.3. The van der Waals surface area contributed by atoms with Crippen molar-refractivity contribution in [2.75, 3.05) is 124 Å². The van der Waals surface area contributed by atoms with Crippen LogP contribution >= 0.6 is 0 Å². The Balaban J connectivity index is 0.000000145. The van der Waals surface area contributed by atoms with Gasteiger partial charge in [0.2, 0.25) is 38.5 Å². The number of para-hydroxylation sites is 6. The van der Waals surface area contributed by atoms with Crippen LogP contribution in [0.2, 0.25) is 0 Å². The molecule has 0 spiro atoms. The van der Waals surface area contributed by atoms with Crippen molar-refractivity contribution in [1.82, 2.24) is 68.8 Å². The number of pyridine rings is 1. The highest BCUT2D eigenvalue weighted by molar-refractivity contribution is 5.93. The van der Waals surface area contributed by atoms with Crippen molar-refractivity contribution in [2.24, 2.45) is 11.5 Å². The van der Waals surface area contributed by atoms with Crippen LogP contribution in [0.3, 0.4) is 0 Å². The van der Waals surface area contributed by atoms with Crippen molar-refractivity contribution in [3.05, 3.63) is 187 Å². The Kier molecular flexibility index (Phi) is 29.4. The third kappa shape index (κ3) is 21.5. The fourth-order valence-corrected chi connectivity index (χ4v) is 14.9. The topological polar surface area (TPSA) is 425 Å². The minimum absolute atomic E-state index is 0.0354. The van der Waals surface area contributed by atoms with Crippen molar-refractivity contribution in [1.29, 1.82) is 0 Å². The van der Waals surface area contributed by atoms with E-state index in [1.54, 1.807) is 47.4 Å². The first-order chi connectivity index (χ1) is 55.2. The summed E-state index contributed by atoms with van der Waals surface area (Å²) in [6.07, 6.45) is 14.1. The zero-order chi connectivity index (χ0) is 81.3. The van der Waals surface area contributed by atoms with Gasteiger partial charge in [0.15, 0.2) is 11.2 Å². The number of nitrogens with one attached hydrogen (secondary N) is 7. The lowest BCUT2D eigenvalue weighted by molar-refractivity contribution is -0.120. The number of aromatic nitrogens is 7. The number of piperidine rings is 5. The van der Waals surface area contributed by atoms with Crippen molar-refractivity contribution in [2.45, 2.75) is 101 Å². The molecule has 10 heterocycles. The number of aromatic amines is 4. The Bertz CT molecular complexity index is 4970. The van der Waals surface area contributed by atoms with E-state index in [2.05, 4.69) is 47.8 Å². The van der Waals surface area contributed by atoms with Gasteiger partial charge in [-0.05, 0) is 144 Å². The number of halogens is 1. The second-order valence-corrected chi connectivity index (χ2v) is 28.5. The van der Waals surface area contributed by atoms with Gasteiger partial charge in [0, 0.05) is 145 Å². The number of benzene rings is 5. The molecule has 604 valence electrons. The maximum Gasteiger partial charge on any atom is 0.328 e. The van der Waals surface area contributed by atoms with Crippen molar-refractivity contribution in [3.8, 4) is 0 Å². The van der Waals surface area contributed by atoms with Crippen LogP contribution in [-0.4, -0.2) is 237 Å². The van der Waals surface area contributed by atoms with Crippen LogP contribution < -0.4 is 64.6 Å². The van der Waals surface area contributed by atoms with E-state index in [0.717, 1.165) is 123 Å². The number of nitrogens with two attached hydrogens (primary N) is 2. The van der Waals surface area contributed by atoms with Crippen LogP contribution in [0.1, 0.15) is 77.2 Å². The Hall–Kier alpha value is -13.1. The molecule has 6 fully saturated rings. The second-order valence-electron chi connectivity index (χ2n) is 28.5. The number of carbonyl (C=O) groups is 9. The number of H-pyrrole nitrogens is 4. The third-order valence-electron chi connectivity index (χ3n) is 21.3. The SMILES string of the molecule is CC1(n2c(=O)[nH]c3ccccc32)CCN(C=O)CC1.CNC(=O)N(c1ccccc1)C1CCN(C=O)CC1.NC(=O)N(c1ccc(F)cc1)C1CCN(C=O)CC1.NC(=O)Nc1ccccc1NC1CCN(C=O)CC1.O=CN1CCC(n2c(=O)[nH]c3c(=O)[nH]cnc32)CC1.O=CN1CCN(c2cc3ccccc3[nH]c2=O)CC1. The quantitative estimate of drug-likeness (QED) is 0.0554. The highest BCUT2D eigenvalue weighted by Crippen LogP contribution is 2.32. The molecule has 15 rings (SSSR count). The van der Waals surface area contributed by atoms with Gasteiger partial charge in [0.05, 0.1) is 34.3 Å². The maximum absolute atomic E-state index is 12.9. The number of hydrogen-bond donors (Lipinski definition) is 9. The standard InChI is InChI=1S/C14H17N3O2.C14H15N3O2.C14H19N3O2.C13H16FN3O2.C13H18N4O2.C11H13N5O3/c1-14(6-8-16(10-18)9-7-14)17-12-5-3-2-4-11(12)15-13(17)19;18-10-16-5-7-17(8-6-16)13-9-11-3-1-2-4-12(11)15-14(13)19;1-15-14(19)17(12-5-3-2-4-6-12)13-7-9-16(11-18)10-8-13;14-10-1-3-11(4-2-10)17(13(15)19)12-5-7-16(9-18)8-6-12;14-13(19)16-12-4-2-1-3-11(12)15-10-5-7-17(9-18)8-6-10;17-6-15-3-1-7(2-4-15)16-9-8(14-11(16)19)10(18)13-5-12-9/h2-5,10H,6-9H2,1H3,(H,15,19);1-4,9-10H,5-8H2,(H,15,19);2-6,11,13H,7-10H2,1H3,(H,15,19);1-4,9,12H,5-8H2,(H2,15,19);1-4,9-10,15H,5-8H2,(H3,14,16,19);5-7H,1-4H2,(H,14,19)(H,12,13,18). The number of rotatable bonds is 16. The van der Waals surface area contributed by atoms with Gasteiger partial charge in [-0.3, -0.25) is 62.3 Å². The largest absolute Gasteiger partial charge is 0.380 e. The summed E-state index contributed by atoms with van der Waals surface area (Å²) in [6.45, 7) is 11.5. The van der Waals surface area contributed by atoms with E-state index in [9.17, 15) is 66.7 Å². The number of anilines is 5. The van der Waals surface area contributed by atoms with Crippen LogP contribution in [-0.2, 0) is 34.3 Å². The molecule has 34 nitrogen and oxygen atoms in total. The molecule has 6 aliphatic rings. The third-order valence-corrected chi connectivity index (χ3v) is 21.3. The zero-order valence-corrected chi connectivity index (χ0v) is 63.7. The summed E-state index contributed by atoms with van der Waals surface area (Å²) in [5, 5.41) is 9.69. The van der Waals surface area contributed by atoms with Gasteiger partial charge in [0.1, 0.15) is 11.5 Å². The minimum Gasteiger partial charge on any atom is -0.380 e. The Morgan fingerprint density at radius 3 is 1.58 bits per heavy atom. The van der Waals surface area contributed by atoms with Gasteiger partial charge in [-0.25, -0.2) is 33.3 Å². The van der Waals surface area contributed by atoms with E-state index >= 15 is 0 Å². The first-order valence-electron chi connectivity index (χ1n) is 37.9. The first-order valence-corrected chi connectivity index (χ1v) is 37.9. The number of carbonyl (C=O) groups excluding carboxylic acids is 9. The predicted octanol–water partition coefficient (Wildman–Crippen LogP) is 5.30. The molecule has 0 saturated carbocycles. The molecular weight excluding hydrogens is 1470 g/mol. The normalized spacial score (nSPS) is 16.6. The zero-order valence-electron chi connectivity index (χ0n) is 63.7. The van der Waals surface area contributed by atoms with E-state index < -0.39 is 12.1 Å². The smallest absolute Gasteiger partial charge is 0.328 e. The highest BCUT2D eigenvalue weighted by atomic mass is 19.1. The number of hydrogen-bond acceptors (Lipinski definition) is 16. The van der Waals surface area contributed by atoms with Crippen LogP contribution in [0, 0.1) is 5.82 Å². The summed E-state index contributed by atoms with van der Waals surface area (Å²) in [5.74, 6) is -0.357. The molecule has 0 radical (unpaired) electrons. The predicted molar refractivity (Wildman–Crippen MR) is 431 cm³/mol. The fourth-order valence-electron chi connectivity index (χ4n) is 14.9. The Morgan fingerprint density at radius 1 is 0.526 bits per heavy atom. The maximum atomic E-state index is 12.9. The van der Waals surface area contributed by atoms with Gasteiger partial charge in [0.25, 0.3) is 11.1 Å². The molecule has 4 aromatic heterocycles. The van der Waals surface area contributed by atoms with E-state index in [-0.39, 0.29) is 63.5 Å². The number of fused-ring (bicyclic) bond motifs is 3. The molecule has 12 amide bonds. The summed E-state index contributed by atoms with van der Waals surface area (Å²) in [4.78, 5) is 177. The summed E-state index contributed by atoms with van der Waals surface area (Å²) in [7, 11) is 1.64. The molecule has 114 heavy (non-hydrogen) atoms. The molecule has 5 aromatic carbocycles. The molecule has 6 saturated heterocycles. The number of urea groups is 3. The lowest BCUT2D eigenvalue weighted by Crippen LogP contribution is -2.50. The fraction of sp³-hybridized carbons (Fsp3) is 0.392. The molecule has 6 aliphatic heterocycles. The van der Waals surface area contributed by atoms with E-state index in [0.29, 0.717) is 133 Å².